The summed E-state index contributed by atoms with van der Waals surface area (Å²) >= 11 is 0. The first-order chi connectivity index (χ1) is 12.7. The number of aromatic nitrogens is 3. The molecule has 2 aromatic heterocycles. The van der Waals surface area contributed by atoms with Crippen LogP contribution in [0.15, 0.2) is 77.9 Å². The predicted octanol–water partition coefficient (Wildman–Crippen LogP) is 3.72. The molecular formula is C20H15FN4O. The molecule has 2 heterocycles. The molecule has 0 aliphatic carbocycles. The quantitative estimate of drug-likeness (QED) is 0.612. The Kier molecular flexibility index (Phi) is 4.15. The summed E-state index contributed by atoms with van der Waals surface area (Å²) in [7, 11) is 0. The Labute approximate surface area is 148 Å². The Morgan fingerprint density at radius 1 is 1.00 bits per heavy atom. The van der Waals surface area contributed by atoms with Crippen molar-refractivity contribution in [2.75, 3.05) is 5.32 Å². The second-order valence-corrected chi connectivity index (χ2v) is 5.83. The maximum atomic E-state index is 13.1. The van der Waals surface area contributed by atoms with Gasteiger partial charge in [0.15, 0.2) is 5.82 Å². The van der Waals surface area contributed by atoms with Gasteiger partial charge in [-0.25, -0.2) is 9.37 Å². The number of hydrogen-bond acceptors (Lipinski definition) is 4. The van der Waals surface area contributed by atoms with Crippen LogP contribution >= 0.6 is 0 Å². The van der Waals surface area contributed by atoms with Crippen LogP contribution in [0.25, 0.3) is 11.0 Å². The highest BCUT2D eigenvalue weighted by Crippen LogP contribution is 2.16. The summed E-state index contributed by atoms with van der Waals surface area (Å²) < 4.78 is 14.7. The van der Waals surface area contributed by atoms with Crippen LogP contribution in [-0.2, 0) is 6.54 Å². The molecule has 6 heteroatoms. The zero-order valence-corrected chi connectivity index (χ0v) is 13.8. The molecule has 1 N–H and O–H groups in total. The molecule has 0 atom stereocenters. The fraction of sp³-hybridized carbons (Fsp3) is 0.0500. The van der Waals surface area contributed by atoms with Crippen LogP contribution in [0.2, 0.25) is 0 Å². The van der Waals surface area contributed by atoms with E-state index in [0.717, 1.165) is 5.56 Å². The summed E-state index contributed by atoms with van der Waals surface area (Å²) in [5.74, 6) is -0.152. The first-order valence-corrected chi connectivity index (χ1v) is 8.12. The number of halogens is 1. The zero-order valence-electron chi connectivity index (χ0n) is 13.8. The fourth-order valence-corrected chi connectivity index (χ4v) is 2.76. The van der Waals surface area contributed by atoms with E-state index in [0.29, 0.717) is 23.3 Å². The summed E-state index contributed by atoms with van der Waals surface area (Å²) in [5.41, 5.74) is 2.64. The standard InChI is InChI=1S/C20H15FN4O/c21-15-6-8-16(9-7-15)23-19-20(26)25(13-14-4-2-1-3-5-14)18-12-22-11-10-17(18)24-19/h1-12H,13H2,(H,23,24). The lowest BCUT2D eigenvalue weighted by atomic mass is 10.2. The van der Waals surface area contributed by atoms with E-state index in [1.807, 2.05) is 30.3 Å². The highest BCUT2D eigenvalue weighted by molar-refractivity contribution is 5.76. The van der Waals surface area contributed by atoms with E-state index >= 15 is 0 Å². The third-order valence-corrected chi connectivity index (χ3v) is 4.04. The first kappa shape index (κ1) is 16.0. The van der Waals surface area contributed by atoms with Gasteiger partial charge in [-0.1, -0.05) is 30.3 Å². The minimum absolute atomic E-state index is 0.186. The lowest BCUT2D eigenvalue weighted by Gasteiger charge is -2.13. The van der Waals surface area contributed by atoms with Crippen LogP contribution in [0.3, 0.4) is 0 Å². The summed E-state index contributed by atoms with van der Waals surface area (Å²) in [4.78, 5) is 21.5. The van der Waals surface area contributed by atoms with Gasteiger partial charge in [-0.15, -0.1) is 0 Å². The molecule has 0 spiro atoms. The minimum atomic E-state index is -0.338. The smallest absolute Gasteiger partial charge is 0.294 e. The van der Waals surface area contributed by atoms with Gasteiger partial charge >= 0.3 is 0 Å². The van der Waals surface area contributed by atoms with Crippen molar-refractivity contribution in [3.05, 3.63) is 94.8 Å². The van der Waals surface area contributed by atoms with E-state index < -0.39 is 0 Å². The largest absolute Gasteiger partial charge is 0.336 e. The Bertz CT molecular complexity index is 1110. The Morgan fingerprint density at radius 3 is 2.54 bits per heavy atom. The Hall–Kier alpha value is -3.54. The maximum absolute atomic E-state index is 13.1. The van der Waals surface area contributed by atoms with Gasteiger partial charge in [0.25, 0.3) is 5.56 Å². The number of pyridine rings is 1. The average molecular weight is 346 g/mol. The normalized spacial score (nSPS) is 10.8. The maximum Gasteiger partial charge on any atom is 0.294 e. The number of nitrogens with zero attached hydrogens (tertiary/aromatic N) is 3. The molecule has 5 nitrogen and oxygen atoms in total. The van der Waals surface area contributed by atoms with Crippen LogP contribution in [0, 0.1) is 5.82 Å². The molecule has 0 bridgehead atoms. The number of rotatable bonds is 4. The van der Waals surface area contributed by atoms with Crippen LogP contribution < -0.4 is 10.9 Å². The minimum Gasteiger partial charge on any atom is -0.336 e. The number of benzene rings is 2. The van der Waals surface area contributed by atoms with Gasteiger partial charge in [-0.05, 0) is 35.9 Å². The number of fused-ring (bicyclic) bond motifs is 1. The van der Waals surface area contributed by atoms with Gasteiger partial charge < -0.3 is 5.32 Å². The van der Waals surface area contributed by atoms with Gasteiger partial charge in [0.1, 0.15) is 5.82 Å². The molecule has 4 aromatic rings. The third kappa shape index (κ3) is 3.17. The van der Waals surface area contributed by atoms with Crippen LogP contribution in [0.4, 0.5) is 15.9 Å². The SMILES string of the molecule is O=c1c(Nc2ccc(F)cc2)nc2ccncc2n1Cc1ccccc1. The zero-order chi connectivity index (χ0) is 17.9. The van der Waals surface area contributed by atoms with Crippen LogP contribution in [0.1, 0.15) is 5.56 Å². The molecule has 0 amide bonds. The number of nitrogens with one attached hydrogen (secondary N) is 1. The molecular weight excluding hydrogens is 331 g/mol. The predicted molar refractivity (Wildman–Crippen MR) is 99.0 cm³/mol. The molecule has 0 fully saturated rings. The highest BCUT2D eigenvalue weighted by Gasteiger charge is 2.12. The van der Waals surface area contributed by atoms with E-state index in [9.17, 15) is 9.18 Å². The van der Waals surface area contributed by atoms with Gasteiger partial charge in [0, 0.05) is 11.9 Å². The molecule has 0 aliphatic heterocycles. The van der Waals surface area contributed by atoms with Crippen molar-refractivity contribution in [1.82, 2.24) is 14.5 Å². The summed E-state index contributed by atoms with van der Waals surface area (Å²) in [6.07, 6.45) is 3.27. The molecule has 0 radical (unpaired) electrons. The van der Waals surface area contributed by atoms with Crippen LogP contribution in [0.5, 0.6) is 0 Å². The monoisotopic (exact) mass is 346 g/mol. The molecule has 0 aliphatic rings. The van der Waals surface area contributed by atoms with Gasteiger partial charge in [0.2, 0.25) is 0 Å². The van der Waals surface area contributed by atoms with Gasteiger partial charge in [-0.3, -0.25) is 14.3 Å². The van der Waals surface area contributed by atoms with E-state index in [-0.39, 0.29) is 17.2 Å². The van der Waals surface area contributed by atoms with Crippen molar-refractivity contribution in [3.8, 4) is 0 Å². The van der Waals surface area contributed by atoms with Crippen molar-refractivity contribution >= 4 is 22.5 Å². The molecule has 0 saturated carbocycles. The van der Waals surface area contributed by atoms with E-state index in [1.165, 1.54) is 12.1 Å². The first-order valence-electron chi connectivity index (χ1n) is 8.12. The van der Waals surface area contributed by atoms with E-state index in [2.05, 4.69) is 15.3 Å². The molecule has 0 unspecified atom stereocenters. The van der Waals surface area contributed by atoms with Crippen molar-refractivity contribution in [2.24, 2.45) is 0 Å². The fourth-order valence-electron chi connectivity index (χ4n) is 2.76. The number of hydrogen-bond donors (Lipinski definition) is 1. The van der Waals surface area contributed by atoms with Gasteiger partial charge in [-0.2, -0.15) is 0 Å². The second kappa shape index (κ2) is 6.76. The molecule has 2 aromatic carbocycles. The van der Waals surface area contributed by atoms with E-state index in [1.54, 1.807) is 35.2 Å². The number of anilines is 2. The lowest BCUT2D eigenvalue weighted by molar-refractivity contribution is 0.628. The average Bonchev–Trinajstić information content (AvgIpc) is 2.67. The van der Waals surface area contributed by atoms with Crippen molar-refractivity contribution in [2.45, 2.75) is 6.54 Å². The Morgan fingerprint density at radius 2 is 1.77 bits per heavy atom. The molecule has 4 rings (SSSR count). The second-order valence-electron chi connectivity index (χ2n) is 5.83. The Balaban J connectivity index is 1.82. The molecule has 128 valence electrons. The highest BCUT2D eigenvalue weighted by atomic mass is 19.1. The topological polar surface area (TPSA) is 59.8 Å². The third-order valence-electron chi connectivity index (χ3n) is 4.04. The molecule has 0 saturated heterocycles. The summed E-state index contributed by atoms with van der Waals surface area (Å²) in [6.45, 7) is 0.405. The van der Waals surface area contributed by atoms with Gasteiger partial charge in [0.05, 0.1) is 23.8 Å². The molecule has 26 heavy (non-hydrogen) atoms. The summed E-state index contributed by atoms with van der Waals surface area (Å²) in [6, 6.07) is 17.3. The van der Waals surface area contributed by atoms with E-state index in [4.69, 9.17) is 0 Å². The van der Waals surface area contributed by atoms with Crippen LogP contribution in [-0.4, -0.2) is 14.5 Å². The van der Waals surface area contributed by atoms with Crippen molar-refractivity contribution in [3.63, 3.8) is 0 Å². The van der Waals surface area contributed by atoms with Crippen molar-refractivity contribution in [1.29, 1.82) is 0 Å². The van der Waals surface area contributed by atoms with Crippen molar-refractivity contribution < 1.29 is 4.39 Å². The lowest BCUT2D eigenvalue weighted by Crippen LogP contribution is -2.25. The summed E-state index contributed by atoms with van der Waals surface area (Å²) in [5, 5.41) is 2.99.